The third-order valence-electron chi connectivity index (χ3n) is 4.42. The molecular weight excluding hydrogens is 318 g/mol. The van der Waals surface area contributed by atoms with Crippen LogP contribution in [0, 0.1) is 6.92 Å². The summed E-state index contributed by atoms with van der Waals surface area (Å²) in [6, 6.07) is 7.40. The molecule has 3 aromatic heterocycles. The van der Waals surface area contributed by atoms with Crippen molar-refractivity contribution in [2.24, 2.45) is 0 Å². The van der Waals surface area contributed by atoms with Crippen molar-refractivity contribution in [1.82, 2.24) is 24.1 Å². The summed E-state index contributed by atoms with van der Waals surface area (Å²) in [5.41, 5.74) is 2.49. The summed E-state index contributed by atoms with van der Waals surface area (Å²) in [7, 11) is 0. The van der Waals surface area contributed by atoms with E-state index < -0.39 is 0 Å². The lowest BCUT2D eigenvalue weighted by Gasteiger charge is -2.32. The molecule has 130 valence electrons. The fourth-order valence-corrected chi connectivity index (χ4v) is 3.22. The molecule has 25 heavy (non-hydrogen) atoms. The summed E-state index contributed by atoms with van der Waals surface area (Å²) >= 11 is 0. The zero-order chi connectivity index (χ0) is 17.2. The van der Waals surface area contributed by atoms with Gasteiger partial charge in [-0.05, 0) is 24.6 Å². The Kier molecular flexibility index (Phi) is 4.33. The van der Waals surface area contributed by atoms with Gasteiger partial charge in [0, 0.05) is 44.3 Å². The summed E-state index contributed by atoms with van der Waals surface area (Å²) < 4.78 is 9.32. The van der Waals surface area contributed by atoms with E-state index in [1.54, 1.807) is 16.7 Å². The van der Waals surface area contributed by atoms with E-state index in [0.29, 0.717) is 18.8 Å². The Morgan fingerprint density at radius 1 is 1.36 bits per heavy atom. The summed E-state index contributed by atoms with van der Waals surface area (Å²) in [5.74, 6) is 0. The van der Waals surface area contributed by atoms with E-state index in [2.05, 4.69) is 15.0 Å². The molecule has 0 saturated carbocycles. The van der Waals surface area contributed by atoms with Gasteiger partial charge in [-0.2, -0.15) is 5.10 Å². The van der Waals surface area contributed by atoms with Crippen molar-refractivity contribution in [3.8, 4) is 0 Å². The molecule has 1 fully saturated rings. The van der Waals surface area contributed by atoms with Gasteiger partial charge in [-0.3, -0.25) is 18.8 Å². The Labute approximate surface area is 145 Å². The number of hydrogen-bond acceptors (Lipinski definition) is 5. The van der Waals surface area contributed by atoms with Crippen LogP contribution in [0.5, 0.6) is 0 Å². The molecule has 0 N–H and O–H groups in total. The highest BCUT2D eigenvalue weighted by molar-refractivity contribution is 5.39. The minimum Gasteiger partial charge on any atom is -0.374 e. The van der Waals surface area contributed by atoms with Gasteiger partial charge in [0.05, 0.1) is 24.9 Å². The molecule has 1 atom stereocenters. The van der Waals surface area contributed by atoms with E-state index in [1.165, 1.54) is 0 Å². The zero-order valence-corrected chi connectivity index (χ0v) is 14.2. The van der Waals surface area contributed by atoms with Crippen LogP contribution in [0.3, 0.4) is 0 Å². The predicted molar refractivity (Wildman–Crippen MR) is 93.4 cm³/mol. The average molecular weight is 339 g/mol. The molecular formula is C18H21N5O2. The van der Waals surface area contributed by atoms with Gasteiger partial charge in [-0.15, -0.1) is 0 Å². The second-order valence-electron chi connectivity index (χ2n) is 6.48. The van der Waals surface area contributed by atoms with Crippen LogP contribution in [-0.4, -0.2) is 49.9 Å². The molecule has 4 heterocycles. The van der Waals surface area contributed by atoms with Gasteiger partial charge < -0.3 is 4.74 Å². The van der Waals surface area contributed by atoms with E-state index >= 15 is 0 Å². The second-order valence-corrected chi connectivity index (χ2v) is 6.48. The van der Waals surface area contributed by atoms with Crippen molar-refractivity contribution in [2.45, 2.75) is 26.1 Å². The van der Waals surface area contributed by atoms with E-state index in [4.69, 9.17) is 4.74 Å². The van der Waals surface area contributed by atoms with Crippen LogP contribution in [0.1, 0.15) is 11.3 Å². The molecule has 7 heteroatoms. The molecule has 0 aromatic carbocycles. The maximum atomic E-state index is 12.3. The molecule has 0 unspecified atom stereocenters. The molecule has 7 nitrogen and oxygen atoms in total. The molecule has 3 aromatic rings. The Morgan fingerprint density at radius 3 is 3.12 bits per heavy atom. The van der Waals surface area contributed by atoms with Crippen LogP contribution < -0.4 is 5.56 Å². The Balaban J connectivity index is 1.48. The Hall–Kier alpha value is -2.51. The lowest BCUT2D eigenvalue weighted by atomic mass is 10.2. The monoisotopic (exact) mass is 339 g/mol. The number of ether oxygens (including phenoxy) is 1. The van der Waals surface area contributed by atoms with Crippen molar-refractivity contribution in [3.63, 3.8) is 0 Å². The normalized spacial score (nSPS) is 18.7. The number of aromatic nitrogens is 4. The number of rotatable bonds is 4. The summed E-state index contributed by atoms with van der Waals surface area (Å²) in [6.45, 7) is 5.67. The third-order valence-corrected chi connectivity index (χ3v) is 4.42. The number of nitrogens with zero attached hydrogens (tertiary/aromatic N) is 5. The van der Waals surface area contributed by atoms with Gasteiger partial charge in [0.15, 0.2) is 0 Å². The van der Waals surface area contributed by atoms with E-state index in [-0.39, 0.29) is 11.7 Å². The number of fused-ring (bicyclic) bond motifs is 1. The minimum absolute atomic E-state index is 0.0370. The topological polar surface area (TPSA) is 64.7 Å². The molecule has 4 rings (SSSR count). The van der Waals surface area contributed by atoms with E-state index in [1.807, 2.05) is 42.2 Å². The van der Waals surface area contributed by atoms with Crippen LogP contribution >= 0.6 is 0 Å². The number of pyridine rings is 1. The largest absolute Gasteiger partial charge is 0.374 e. The maximum absolute atomic E-state index is 12.3. The predicted octanol–water partition coefficient (Wildman–Crippen LogP) is 1.10. The summed E-state index contributed by atoms with van der Waals surface area (Å²) in [4.78, 5) is 19.3. The number of hydrogen-bond donors (Lipinski definition) is 0. The smallest absolute Gasteiger partial charge is 0.258 e. The van der Waals surface area contributed by atoms with Crippen LogP contribution in [0.2, 0.25) is 0 Å². The van der Waals surface area contributed by atoms with Crippen LogP contribution in [0.15, 0.2) is 47.7 Å². The first-order chi connectivity index (χ1) is 12.2. The third kappa shape index (κ3) is 3.62. The SMILES string of the molecule is Cc1ccc2nc(CN3CCO[C@H](Cn4cccn4)C3)cc(=O)n2c1. The van der Waals surface area contributed by atoms with Crippen molar-refractivity contribution in [2.75, 3.05) is 19.7 Å². The first-order valence-corrected chi connectivity index (χ1v) is 8.48. The van der Waals surface area contributed by atoms with E-state index in [9.17, 15) is 4.79 Å². The van der Waals surface area contributed by atoms with Crippen molar-refractivity contribution in [3.05, 3.63) is 64.5 Å². The molecule has 1 aliphatic rings. The first-order valence-electron chi connectivity index (χ1n) is 8.48. The van der Waals surface area contributed by atoms with Crippen molar-refractivity contribution < 1.29 is 4.74 Å². The molecule has 1 aliphatic heterocycles. The van der Waals surface area contributed by atoms with Crippen LogP contribution in [0.25, 0.3) is 5.65 Å². The van der Waals surface area contributed by atoms with Gasteiger partial charge in [0.25, 0.3) is 5.56 Å². The lowest BCUT2D eigenvalue weighted by Crippen LogP contribution is -2.44. The summed E-state index contributed by atoms with van der Waals surface area (Å²) in [5, 5.41) is 4.23. The molecule has 0 spiro atoms. The average Bonchev–Trinajstić information content (AvgIpc) is 3.09. The van der Waals surface area contributed by atoms with Gasteiger partial charge >= 0.3 is 0 Å². The lowest BCUT2D eigenvalue weighted by molar-refractivity contribution is -0.0405. The molecule has 0 aliphatic carbocycles. The second kappa shape index (κ2) is 6.78. The minimum atomic E-state index is -0.0370. The number of aryl methyl sites for hydroxylation is 1. The molecule has 1 saturated heterocycles. The standard InChI is InChI=1S/C18H21N5O2/c1-14-3-4-17-20-15(9-18(24)23(17)10-14)11-21-7-8-25-16(12-21)13-22-6-2-5-19-22/h2-6,9-10,16H,7-8,11-13H2,1H3/t16-/m0/s1. The quantitative estimate of drug-likeness (QED) is 0.712. The van der Waals surface area contributed by atoms with Gasteiger partial charge in [0.1, 0.15) is 5.65 Å². The first kappa shape index (κ1) is 16.0. The highest BCUT2D eigenvalue weighted by Crippen LogP contribution is 2.11. The van der Waals surface area contributed by atoms with Crippen LogP contribution in [0.4, 0.5) is 0 Å². The van der Waals surface area contributed by atoms with Crippen LogP contribution in [-0.2, 0) is 17.8 Å². The zero-order valence-electron chi connectivity index (χ0n) is 14.2. The number of morpholine rings is 1. The fraction of sp³-hybridized carbons (Fsp3) is 0.389. The van der Waals surface area contributed by atoms with Gasteiger partial charge in [-0.1, -0.05) is 6.07 Å². The molecule has 0 amide bonds. The van der Waals surface area contributed by atoms with Crippen molar-refractivity contribution in [1.29, 1.82) is 0 Å². The molecule has 0 radical (unpaired) electrons. The summed E-state index contributed by atoms with van der Waals surface area (Å²) in [6.07, 6.45) is 5.63. The Morgan fingerprint density at radius 2 is 2.28 bits per heavy atom. The van der Waals surface area contributed by atoms with Gasteiger partial charge in [0.2, 0.25) is 0 Å². The Bertz CT molecular complexity index is 919. The van der Waals surface area contributed by atoms with E-state index in [0.717, 1.165) is 30.9 Å². The molecule has 0 bridgehead atoms. The highest BCUT2D eigenvalue weighted by atomic mass is 16.5. The van der Waals surface area contributed by atoms with Crippen molar-refractivity contribution >= 4 is 5.65 Å². The fourth-order valence-electron chi connectivity index (χ4n) is 3.22. The van der Waals surface area contributed by atoms with Gasteiger partial charge in [-0.25, -0.2) is 4.98 Å². The maximum Gasteiger partial charge on any atom is 0.258 e. The highest BCUT2D eigenvalue weighted by Gasteiger charge is 2.21.